The molecule has 0 saturated carbocycles. The van der Waals surface area contributed by atoms with Crippen molar-refractivity contribution >= 4 is 11.8 Å². The molecule has 74 valence electrons. The lowest BCUT2D eigenvalue weighted by molar-refractivity contribution is 0.298. The molecule has 0 aliphatic carbocycles. The van der Waals surface area contributed by atoms with Crippen LogP contribution in [-0.2, 0) is 0 Å². The van der Waals surface area contributed by atoms with Crippen LogP contribution in [0.1, 0.15) is 19.8 Å². The minimum Gasteiger partial charge on any atom is -0.329 e. The molecule has 1 rings (SSSR count). The largest absolute Gasteiger partial charge is 0.329 e. The lowest BCUT2D eigenvalue weighted by Gasteiger charge is -2.38. The van der Waals surface area contributed by atoms with Gasteiger partial charge >= 0.3 is 0 Å². The molecule has 1 unspecified atom stereocenters. The van der Waals surface area contributed by atoms with Gasteiger partial charge in [0.05, 0.1) is 6.04 Å². The number of nitrogens with one attached hydrogen (secondary N) is 1. The molecule has 0 aromatic heterocycles. The summed E-state index contributed by atoms with van der Waals surface area (Å²) in [5.41, 5.74) is 5.91. The first-order valence-electron chi connectivity index (χ1n) is 4.74. The first kappa shape index (κ1) is 10.9. The van der Waals surface area contributed by atoms with Gasteiger partial charge in [-0.2, -0.15) is 11.8 Å². The molecule has 0 radical (unpaired) electrons. The first-order chi connectivity index (χ1) is 6.22. The van der Waals surface area contributed by atoms with Crippen LogP contribution in [0.3, 0.4) is 0 Å². The topological polar surface area (TPSA) is 38.0 Å². The second-order valence-corrected chi connectivity index (χ2v) is 4.85. The van der Waals surface area contributed by atoms with E-state index < -0.39 is 0 Å². The summed E-state index contributed by atoms with van der Waals surface area (Å²) in [7, 11) is 0. The van der Waals surface area contributed by atoms with Crippen molar-refractivity contribution in [3.05, 3.63) is 0 Å². The molecule has 1 aliphatic heterocycles. The van der Waals surface area contributed by atoms with Gasteiger partial charge in [-0.25, -0.2) is 0 Å². The summed E-state index contributed by atoms with van der Waals surface area (Å²) in [5.74, 6) is 5.09. The van der Waals surface area contributed by atoms with E-state index in [1.54, 1.807) is 0 Å². The summed E-state index contributed by atoms with van der Waals surface area (Å²) in [5, 5.41) is 3.46. The Morgan fingerprint density at radius 2 is 2.23 bits per heavy atom. The molecule has 0 aromatic rings. The van der Waals surface area contributed by atoms with Gasteiger partial charge in [-0.15, -0.1) is 6.42 Å². The standard InChI is InChI=1S/C10H18N2S/c1-3-9(2)12-10(8-11)4-6-13-7-5-10/h1,9,12H,4-8,11H2,2H3. The molecular formula is C10H18N2S. The highest BCUT2D eigenvalue weighted by Crippen LogP contribution is 2.26. The molecule has 1 heterocycles. The van der Waals surface area contributed by atoms with E-state index in [-0.39, 0.29) is 11.6 Å². The minimum atomic E-state index is 0.108. The molecule has 0 spiro atoms. The van der Waals surface area contributed by atoms with Crippen molar-refractivity contribution in [3.8, 4) is 12.3 Å². The third-order valence-electron chi connectivity index (χ3n) is 2.61. The number of hydrogen-bond donors (Lipinski definition) is 2. The normalized spacial score (nSPS) is 23.5. The van der Waals surface area contributed by atoms with Crippen LogP contribution in [0.15, 0.2) is 0 Å². The molecule has 13 heavy (non-hydrogen) atoms. The van der Waals surface area contributed by atoms with E-state index in [9.17, 15) is 0 Å². The predicted octanol–water partition coefficient (Wildman–Crippen LogP) is 0.822. The Labute approximate surface area is 85.0 Å². The summed E-state index contributed by atoms with van der Waals surface area (Å²) in [4.78, 5) is 0. The highest BCUT2D eigenvalue weighted by molar-refractivity contribution is 7.99. The molecule has 1 aliphatic rings. The lowest BCUT2D eigenvalue weighted by Crippen LogP contribution is -2.56. The van der Waals surface area contributed by atoms with Crippen molar-refractivity contribution < 1.29 is 0 Å². The van der Waals surface area contributed by atoms with Crippen molar-refractivity contribution in [1.29, 1.82) is 0 Å². The van der Waals surface area contributed by atoms with Crippen molar-refractivity contribution in [2.75, 3.05) is 18.1 Å². The Morgan fingerprint density at radius 3 is 2.69 bits per heavy atom. The van der Waals surface area contributed by atoms with Crippen LogP contribution in [0.2, 0.25) is 0 Å². The van der Waals surface area contributed by atoms with E-state index >= 15 is 0 Å². The second-order valence-electron chi connectivity index (χ2n) is 3.63. The third-order valence-corrected chi connectivity index (χ3v) is 3.60. The van der Waals surface area contributed by atoms with E-state index in [0.29, 0.717) is 6.54 Å². The molecule has 3 heteroatoms. The van der Waals surface area contributed by atoms with Crippen molar-refractivity contribution in [2.24, 2.45) is 5.73 Å². The maximum absolute atomic E-state index is 5.80. The Kier molecular flexibility index (Phi) is 4.11. The molecule has 3 N–H and O–H groups in total. The Bertz CT molecular complexity index is 192. The average molecular weight is 198 g/mol. The third kappa shape index (κ3) is 2.91. The summed E-state index contributed by atoms with van der Waals surface area (Å²) >= 11 is 2.00. The molecule has 2 nitrogen and oxygen atoms in total. The van der Waals surface area contributed by atoms with Gasteiger partial charge in [0, 0.05) is 12.1 Å². The van der Waals surface area contributed by atoms with Crippen LogP contribution in [0, 0.1) is 12.3 Å². The fraction of sp³-hybridized carbons (Fsp3) is 0.800. The van der Waals surface area contributed by atoms with Crippen LogP contribution in [0.4, 0.5) is 0 Å². The van der Waals surface area contributed by atoms with Crippen molar-refractivity contribution in [2.45, 2.75) is 31.3 Å². The number of nitrogens with two attached hydrogens (primary N) is 1. The Hall–Kier alpha value is -0.170. The minimum absolute atomic E-state index is 0.108. The van der Waals surface area contributed by atoms with Gasteiger partial charge in [0.25, 0.3) is 0 Å². The molecule has 1 saturated heterocycles. The number of terminal acetylenes is 1. The van der Waals surface area contributed by atoms with Gasteiger partial charge in [-0.3, -0.25) is 5.32 Å². The molecular weight excluding hydrogens is 180 g/mol. The van der Waals surface area contributed by atoms with Gasteiger partial charge < -0.3 is 5.73 Å². The maximum atomic E-state index is 5.80. The zero-order valence-electron chi connectivity index (χ0n) is 8.18. The fourth-order valence-electron chi connectivity index (χ4n) is 1.67. The Balaban J connectivity index is 2.53. The fourth-order valence-corrected chi connectivity index (χ4v) is 2.94. The number of thioether (sulfide) groups is 1. The predicted molar refractivity (Wildman–Crippen MR) is 59.8 cm³/mol. The van der Waals surface area contributed by atoms with Gasteiger partial charge in [0.2, 0.25) is 0 Å². The molecule has 0 amide bonds. The second kappa shape index (κ2) is 4.90. The SMILES string of the molecule is C#CC(C)NC1(CN)CCSCC1. The maximum Gasteiger partial charge on any atom is 0.0663 e. The smallest absolute Gasteiger partial charge is 0.0663 e. The van der Waals surface area contributed by atoms with Crippen LogP contribution in [-0.4, -0.2) is 29.6 Å². The highest BCUT2D eigenvalue weighted by Gasteiger charge is 2.31. The molecule has 0 bridgehead atoms. The van der Waals surface area contributed by atoms with Crippen LogP contribution >= 0.6 is 11.8 Å². The van der Waals surface area contributed by atoms with Crippen LogP contribution in [0.25, 0.3) is 0 Å². The monoisotopic (exact) mass is 198 g/mol. The van der Waals surface area contributed by atoms with E-state index in [4.69, 9.17) is 12.2 Å². The molecule has 1 atom stereocenters. The van der Waals surface area contributed by atoms with Gasteiger partial charge in [-0.05, 0) is 31.3 Å². The highest BCUT2D eigenvalue weighted by atomic mass is 32.2. The Morgan fingerprint density at radius 1 is 1.62 bits per heavy atom. The first-order valence-corrected chi connectivity index (χ1v) is 5.89. The zero-order valence-corrected chi connectivity index (χ0v) is 8.99. The number of rotatable bonds is 3. The van der Waals surface area contributed by atoms with E-state index in [1.165, 1.54) is 11.5 Å². The van der Waals surface area contributed by atoms with Crippen molar-refractivity contribution in [3.63, 3.8) is 0 Å². The van der Waals surface area contributed by atoms with Gasteiger partial charge in [0.15, 0.2) is 0 Å². The van der Waals surface area contributed by atoms with Crippen LogP contribution in [0.5, 0.6) is 0 Å². The lowest BCUT2D eigenvalue weighted by atomic mass is 9.91. The van der Waals surface area contributed by atoms with E-state index in [2.05, 4.69) is 11.2 Å². The molecule has 1 fully saturated rings. The quantitative estimate of drug-likeness (QED) is 0.660. The summed E-state index contributed by atoms with van der Waals surface area (Å²) < 4.78 is 0. The van der Waals surface area contributed by atoms with E-state index in [0.717, 1.165) is 12.8 Å². The van der Waals surface area contributed by atoms with Crippen molar-refractivity contribution in [1.82, 2.24) is 5.32 Å². The van der Waals surface area contributed by atoms with Crippen LogP contribution < -0.4 is 11.1 Å². The zero-order chi connectivity index (χ0) is 9.73. The summed E-state index contributed by atoms with van der Waals surface area (Å²) in [6.45, 7) is 2.71. The number of hydrogen-bond acceptors (Lipinski definition) is 3. The summed E-state index contributed by atoms with van der Waals surface area (Å²) in [6.07, 6.45) is 7.62. The summed E-state index contributed by atoms with van der Waals surface area (Å²) in [6, 6.07) is 0.131. The molecule has 0 aromatic carbocycles. The average Bonchev–Trinajstić information content (AvgIpc) is 2.19. The van der Waals surface area contributed by atoms with E-state index in [1.807, 2.05) is 18.7 Å². The van der Waals surface area contributed by atoms with Gasteiger partial charge in [0.1, 0.15) is 0 Å². The van der Waals surface area contributed by atoms with Gasteiger partial charge in [-0.1, -0.05) is 5.92 Å².